The Labute approximate surface area is 158 Å². The maximum Gasteiger partial charge on any atom is 0.357 e. The Kier molecular flexibility index (Phi) is 5.24. The summed E-state index contributed by atoms with van der Waals surface area (Å²) in [6, 6.07) is 5.59. The second kappa shape index (κ2) is 7.45. The molecule has 2 aliphatic rings. The largest absolute Gasteiger partial charge is 0.461 e. The first-order valence-corrected chi connectivity index (χ1v) is 9.32. The fourth-order valence-electron chi connectivity index (χ4n) is 2.97. The third kappa shape index (κ3) is 3.31. The van der Waals surface area contributed by atoms with Crippen LogP contribution in [-0.4, -0.2) is 65.2 Å². The molecule has 2 heterocycles. The van der Waals surface area contributed by atoms with Crippen molar-refractivity contribution < 1.29 is 22.7 Å². The number of fused-ring (bicyclic) bond motifs is 3. The Morgan fingerprint density at radius 3 is 2.56 bits per heavy atom. The summed E-state index contributed by atoms with van der Waals surface area (Å²) in [5.74, 6) is -0.698. The first-order chi connectivity index (χ1) is 12.9. The van der Waals surface area contributed by atoms with Gasteiger partial charge in [0.2, 0.25) is 15.3 Å². The van der Waals surface area contributed by atoms with Gasteiger partial charge in [0.05, 0.1) is 18.9 Å². The lowest BCUT2D eigenvalue weighted by Gasteiger charge is -2.19. The number of dihydropyridines is 1. The van der Waals surface area contributed by atoms with E-state index in [1.807, 2.05) is 37.2 Å². The van der Waals surface area contributed by atoms with Gasteiger partial charge in [0, 0.05) is 43.6 Å². The van der Waals surface area contributed by atoms with E-state index >= 15 is 0 Å². The van der Waals surface area contributed by atoms with Crippen LogP contribution in [-0.2, 0) is 24.6 Å². The normalized spacial score (nSPS) is 15.0. The second-order valence-electron chi connectivity index (χ2n) is 6.06. The number of ether oxygens (including phenoxy) is 2. The summed E-state index contributed by atoms with van der Waals surface area (Å²) in [5, 5.41) is 0. The van der Waals surface area contributed by atoms with Crippen molar-refractivity contribution in [1.29, 1.82) is 0 Å². The Morgan fingerprint density at radius 2 is 1.96 bits per heavy atom. The Bertz CT molecular complexity index is 1040. The topological polar surface area (TPSA) is 97.6 Å². The number of aliphatic imine (C=N–C) groups is 2. The molecule has 0 fully saturated rings. The minimum Gasteiger partial charge on any atom is -0.461 e. The first kappa shape index (κ1) is 19.0. The van der Waals surface area contributed by atoms with Crippen LogP contribution in [0, 0.1) is 0 Å². The van der Waals surface area contributed by atoms with Crippen LogP contribution >= 0.6 is 0 Å². The van der Waals surface area contributed by atoms with E-state index in [1.54, 1.807) is 6.92 Å². The van der Waals surface area contributed by atoms with Gasteiger partial charge in [-0.1, -0.05) is 0 Å². The Balaban J connectivity index is 2.32. The van der Waals surface area contributed by atoms with E-state index in [1.165, 1.54) is 7.11 Å². The molecule has 1 aromatic carbocycles. The highest BCUT2D eigenvalue weighted by molar-refractivity contribution is 7.75. The molecule has 0 saturated carbocycles. The van der Waals surface area contributed by atoms with Crippen LogP contribution in [0.1, 0.15) is 12.5 Å². The number of rotatable bonds is 5. The monoisotopic (exact) mass is 389 g/mol. The highest BCUT2D eigenvalue weighted by atomic mass is 32.2. The van der Waals surface area contributed by atoms with Gasteiger partial charge in [-0.15, -0.1) is 0 Å². The van der Waals surface area contributed by atoms with Gasteiger partial charge in [-0.05, 0) is 25.1 Å². The van der Waals surface area contributed by atoms with Crippen LogP contribution in [0.5, 0.6) is 0 Å². The minimum atomic E-state index is -2.67. The zero-order valence-corrected chi connectivity index (χ0v) is 16.3. The van der Waals surface area contributed by atoms with Crippen LogP contribution in [0.25, 0.3) is 5.57 Å². The summed E-state index contributed by atoms with van der Waals surface area (Å²) < 4.78 is 33.9. The van der Waals surface area contributed by atoms with Crippen molar-refractivity contribution >= 4 is 49.6 Å². The highest BCUT2D eigenvalue weighted by Gasteiger charge is 2.37. The van der Waals surface area contributed by atoms with E-state index in [2.05, 4.69) is 9.98 Å². The average Bonchev–Trinajstić information content (AvgIpc) is 3.00. The summed E-state index contributed by atoms with van der Waals surface area (Å²) in [7, 11) is 2.62. The number of nitrogens with zero attached hydrogens (tertiary/aromatic N) is 3. The molecule has 2 aliphatic heterocycles. The van der Waals surface area contributed by atoms with Crippen molar-refractivity contribution in [3.63, 3.8) is 0 Å². The molecule has 0 amide bonds. The lowest BCUT2D eigenvalue weighted by Crippen LogP contribution is -2.31. The summed E-state index contributed by atoms with van der Waals surface area (Å²) in [6.07, 6.45) is 0. The SMILES string of the molecule is CCOC(=O)C1=NC(=S(=O)=O)C2=Nc3ccc(N(C)C)cc3C2=C1COC. The van der Waals surface area contributed by atoms with Crippen molar-refractivity contribution in [2.45, 2.75) is 6.92 Å². The van der Waals surface area contributed by atoms with Crippen LogP contribution in [0.4, 0.5) is 11.4 Å². The fraction of sp³-hybridized carbons (Fsp3) is 0.333. The smallest absolute Gasteiger partial charge is 0.357 e. The van der Waals surface area contributed by atoms with Crippen LogP contribution in [0.3, 0.4) is 0 Å². The lowest BCUT2D eigenvalue weighted by molar-refractivity contribution is -0.135. The molecule has 3 rings (SSSR count). The molecule has 0 saturated heterocycles. The van der Waals surface area contributed by atoms with Gasteiger partial charge in [0.1, 0.15) is 5.71 Å². The van der Waals surface area contributed by atoms with Crippen LogP contribution in [0.2, 0.25) is 0 Å². The van der Waals surface area contributed by atoms with Gasteiger partial charge < -0.3 is 14.4 Å². The third-order valence-electron chi connectivity index (χ3n) is 4.15. The number of esters is 1. The first-order valence-electron chi connectivity index (χ1n) is 8.24. The van der Waals surface area contributed by atoms with E-state index in [-0.39, 0.29) is 29.6 Å². The lowest BCUT2D eigenvalue weighted by atomic mass is 9.91. The van der Waals surface area contributed by atoms with Gasteiger partial charge in [0.15, 0.2) is 5.71 Å². The molecule has 0 aromatic heterocycles. The van der Waals surface area contributed by atoms with Crippen LogP contribution < -0.4 is 4.90 Å². The zero-order chi connectivity index (χ0) is 19.7. The van der Waals surface area contributed by atoms with Gasteiger partial charge in [-0.3, -0.25) is 0 Å². The number of hydrogen-bond acceptors (Lipinski definition) is 7. The fourth-order valence-corrected chi connectivity index (χ4v) is 3.45. The number of hydrogen-bond donors (Lipinski definition) is 0. The Morgan fingerprint density at radius 1 is 1.22 bits per heavy atom. The molecule has 9 heteroatoms. The van der Waals surface area contributed by atoms with Crippen molar-refractivity contribution in [1.82, 2.24) is 0 Å². The molecular weight excluding hydrogens is 370 g/mol. The van der Waals surface area contributed by atoms with Crippen LogP contribution in [0.15, 0.2) is 33.8 Å². The summed E-state index contributed by atoms with van der Waals surface area (Å²) >= 11 is 0. The quantitative estimate of drug-likeness (QED) is 0.556. The van der Waals surface area contributed by atoms with Crippen molar-refractivity contribution in [3.05, 3.63) is 29.3 Å². The van der Waals surface area contributed by atoms with E-state index in [9.17, 15) is 13.2 Å². The standard InChI is InChI=1S/C18H19N3O5S/c1-5-26-18(22)15-12(9-25-4)14-11-8-10(21(2)3)6-7-13(11)19-16(14)17(20-15)27(23)24/h6-8H,5,9H2,1-4H3. The molecular formula is C18H19N3O5S. The summed E-state index contributed by atoms with van der Waals surface area (Å²) in [6.45, 7) is 1.88. The predicted octanol–water partition coefficient (Wildman–Crippen LogP) is 1.27. The third-order valence-corrected chi connectivity index (χ3v) is 4.75. The van der Waals surface area contributed by atoms with E-state index in [0.717, 1.165) is 11.3 Å². The van der Waals surface area contributed by atoms with Gasteiger partial charge in [-0.25, -0.2) is 14.8 Å². The predicted molar refractivity (Wildman–Crippen MR) is 105 cm³/mol. The van der Waals surface area contributed by atoms with E-state index in [4.69, 9.17) is 9.47 Å². The maximum atomic E-state index is 12.4. The van der Waals surface area contributed by atoms with E-state index < -0.39 is 16.3 Å². The van der Waals surface area contributed by atoms with Crippen molar-refractivity contribution in [2.75, 3.05) is 39.3 Å². The number of carbonyl (C=O) groups is 1. The van der Waals surface area contributed by atoms with Crippen molar-refractivity contribution in [3.8, 4) is 0 Å². The molecule has 1 aromatic rings. The molecule has 27 heavy (non-hydrogen) atoms. The number of anilines is 1. The molecule has 8 nitrogen and oxygen atoms in total. The highest BCUT2D eigenvalue weighted by Crippen LogP contribution is 2.41. The molecule has 0 unspecified atom stereocenters. The number of carbonyl (C=O) groups excluding carboxylic acids is 1. The van der Waals surface area contributed by atoms with Gasteiger partial charge >= 0.3 is 5.97 Å². The van der Waals surface area contributed by atoms with E-state index in [0.29, 0.717) is 16.8 Å². The van der Waals surface area contributed by atoms with Gasteiger partial charge in [-0.2, -0.15) is 8.42 Å². The molecule has 0 bridgehead atoms. The molecule has 142 valence electrons. The molecule has 0 radical (unpaired) electrons. The van der Waals surface area contributed by atoms with Crippen molar-refractivity contribution in [2.24, 2.45) is 9.98 Å². The molecule has 0 N–H and O–H groups in total. The van der Waals surface area contributed by atoms with Gasteiger partial charge in [0.25, 0.3) is 0 Å². The second-order valence-corrected chi connectivity index (χ2v) is 6.92. The molecule has 0 aliphatic carbocycles. The number of benzene rings is 1. The summed E-state index contributed by atoms with van der Waals surface area (Å²) in [5.41, 5.74) is 3.39. The maximum absolute atomic E-state index is 12.4. The minimum absolute atomic E-state index is 0.0659. The summed E-state index contributed by atoms with van der Waals surface area (Å²) in [4.78, 5) is 22.6. The average molecular weight is 389 g/mol. The number of methoxy groups -OCH3 is 1. The molecule has 0 spiro atoms. The Hall–Kier alpha value is -2.78. The molecule has 0 atom stereocenters. The zero-order valence-electron chi connectivity index (χ0n) is 15.4.